The number of piperidine rings is 2. The van der Waals surface area contributed by atoms with Crippen molar-refractivity contribution in [3.8, 4) is 11.4 Å². The number of hydrogen-bond donors (Lipinski definition) is 1. The summed E-state index contributed by atoms with van der Waals surface area (Å²) in [6.45, 7) is 3.67. The van der Waals surface area contributed by atoms with Crippen molar-refractivity contribution in [3.63, 3.8) is 0 Å². The van der Waals surface area contributed by atoms with Crippen LogP contribution >= 0.6 is 0 Å². The second-order valence-electron chi connectivity index (χ2n) is 8.47. The Bertz CT molecular complexity index is 1010. The molecule has 0 aliphatic carbocycles. The quantitative estimate of drug-likeness (QED) is 0.698. The highest BCUT2D eigenvalue weighted by atomic mass is 16.2. The zero-order valence-electron chi connectivity index (χ0n) is 17.7. The van der Waals surface area contributed by atoms with Gasteiger partial charge in [-0.15, -0.1) is 0 Å². The summed E-state index contributed by atoms with van der Waals surface area (Å²) >= 11 is 0. The van der Waals surface area contributed by atoms with Gasteiger partial charge < -0.3 is 9.80 Å². The van der Waals surface area contributed by atoms with E-state index in [1.54, 1.807) is 12.4 Å². The van der Waals surface area contributed by atoms with E-state index in [4.69, 9.17) is 0 Å². The lowest BCUT2D eigenvalue weighted by molar-refractivity contribution is 0.0704. The minimum Gasteiger partial charge on any atom is -0.372 e. The third-order valence-corrected chi connectivity index (χ3v) is 6.35. The number of nitrogens with zero attached hydrogens (tertiary/aromatic N) is 5. The van der Waals surface area contributed by atoms with E-state index in [0.29, 0.717) is 12.4 Å². The predicted molar refractivity (Wildman–Crippen MR) is 120 cm³/mol. The molecule has 2 aliphatic rings. The van der Waals surface area contributed by atoms with E-state index in [0.717, 1.165) is 49.4 Å². The molecule has 2 aliphatic heterocycles. The van der Waals surface area contributed by atoms with E-state index in [-0.39, 0.29) is 11.8 Å². The normalized spacial score (nSPS) is 19.4. The van der Waals surface area contributed by atoms with E-state index in [9.17, 15) is 4.79 Å². The molecule has 1 N–H and O–H groups in total. The van der Waals surface area contributed by atoms with Crippen molar-refractivity contribution in [2.45, 2.75) is 38.0 Å². The Kier molecular flexibility index (Phi) is 5.65. The van der Waals surface area contributed by atoms with Gasteiger partial charge in [-0.1, -0.05) is 0 Å². The molecule has 2 fully saturated rings. The van der Waals surface area contributed by atoms with Crippen LogP contribution in [0, 0.1) is 0 Å². The Morgan fingerprint density at radius 1 is 1.00 bits per heavy atom. The molecule has 0 saturated carbocycles. The average Bonchev–Trinajstić information content (AvgIpc) is 3.35. The zero-order valence-corrected chi connectivity index (χ0v) is 17.7. The molecule has 2 saturated heterocycles. The predicted octanol–water partition coefficient (Wildman–Crippen LogP) is 3.88. The SMILES string of the molecule is O=C(c1ccc(N2CCCCC2)cc1)N1CCC[C@H](c2nc(-c3cccnc3)n[nH]2)C1. The van der Waals surface area contributed by atoms with Crippen LogP contribution in [0.5, 0.6) is 0 Å². The molecule has 2 aromatic heterocycles. The van der Waals surface area contributed by atoms with Crippen molar-refractivity contribution in [2.24, 2.45) is 0 Å². The van der Waals surface area contributed by atoms with E-state index >= 15 is 0 Å². The van der Waals surface area contributed by atoms with Gasteiger partial charge in [0.1, 0.15) is 5.82 Å². The number of carbonyl (C=O) groups is 1. The molecule has 0 spiro atoms. The maximum absolute atomic E-state index is 13.1. The van der Waals surface area contributed by atoms with E-state index in [2.05, 4.69) is 37.2 Å². The van der Waals surface area contributed by atoms with Crippen molar-refractivity contribution in [1.29, 1.82) is 0 Å². The number of rotatable bonds is 4. The Morgan fingerprint density at radius 3 is 2.61 bits per heavy atom. The summed E-state index contributed by atoms with van der Waals surface area (Å²) in [6, 6.07) is 12.0. The maximum atomic E-state index is 13.1. The van der Waals surface area contributed by atoms with Gasteiger partial charge in [-0.05, 0) is 68.5 Å². The molecule has 0 unspecified atom stereocenters. The number of anilines is 1. The number of aromatic amines is 1. The second-order valence-corrected chi connectivity index (χ2v) is 8.47. The molecular formula is C24H28N6O. The Labute approximate surface area is 182 Å². The summed E-state index contributed by atoms with van der Waals surface area (Å²) in [6.07, 6.45) is 9.28. The first-order valence-corrected chi connectivity index (χ1v) is 11.2. The number of benzene rings is 1. The summed E-state index contributed by atoms with van der Waals surface area (Å²) in [5, 5.41) is 7.44. The zero-order chi connectivity index (χ0) is 21.0. The van der Waals surface area contributed by atoms with Crippen LogP contribution in [0.4, 0.5) is 5.69 Å². The van der Waals surface area contributed by atoms with Gasteiger partial charge >= 0.3 is 0 Å². The molecule has 1 atom stereocenters. The van der Waals surface area contributed by atoms with Gasteiger partial charge in [0.05, 0.1) is 0 Å². The number of pyridine rings is 1. The summed E-state index contributed by atoms with van der Waals surface area (Å²) in [7, 11) is 0. The fourth-order valence-electron chi connectivity index (χ4n) is 4.62. The minimum absolute atomic E-state index is 0.0990. The monoisotopic (exact) mass is 416 g/mol. The smallest absolute Gasteiger partial charge is 0.253 e. The highest BCUT2D eigenvalue weighted by Crippen LogP contribution is 2.27. The number of nitrogens with one attached hydrogen (secondary N) is 1. The lowest BCUT2D eigenvalue weighted by Gasteiger charge is -2.32. The maximum Gasteiger partial charge on any atom is 0.253 e. The van der Waals surface area contributed by atoms with Crippen LogP contribution in [-0.2, 0) is 0 Å². The molecule has 5 rings (SSSR count). The third kappa shape index (κ3) is 4.31. The van der Waals surface area contributed by atoms with Gasteiger partial charge in [0.15, 0.2) is 5.82 Å². The number of carbonyl (C=O) groups excluding carboxylic acids is 1. The summed E-state index contributed by atoms with van der Waals surface area (Å²) < 4.78 is 0. The summed E-state index contributed by atoms with van der Waals surface area (Å²) in [5.74, 6) is 1.77. The lowest BCUT2D eigenvalue weighted by atomic mass is 9.96. The van der Waals surface area contributed by atoms with Crippen molar-refractivity contribution in [3.05, 3.63) is 60.2 Å². The number of H-pyrrole nitrogens is 1. The first kappa shape index (κ1) is 19.7. The minimum atomic E-state index is 0.0990. The van der Waals surface area contributed by atoms with Gasteiger partial charge in [-0.3, -0.25) is 14.9 Å². The summed E-state index contributed by atoms with van der Waals surface area (Å²) in [4.78, 5) is 26.3. The highest BCUT2D eigenvalue weighted by molar-refractivity contribution is 5.94. The van der Waals surface area contributed by atoms with Gasteiger partial charge in [-0.25, -0.2) is 4.98 Å². The molecule has 4 heterocycles. The molecular weight excluding hydrogens is 388 g/mol. The number of aromatic nitrogens is 4. The Balaban J connectivity index is 1.26. The first-order valence-electron chi connectivity index (χ1n) is 11.2. The first-order chi connectivity index (χ1) is 15.3. The molecule has 0 radical (unpaired) electrons. The number of amides is 1. The van der Waals surface area contributed by atoms with Crippen molar-refractivity contribution < 1.29 is 4.79 Å². The molecule has 3 aromatic rings. The van der Waals surface area contributed by atoms with Crippen LogP contribution in [0.25, 0.3) is 11.4 Å². The third-order valence-electron chi connectivity index (χ3n) is 6.35. The van der Waals surface area contributed by atoms with Gasteiger partial charge in [-0.2, -0.15) is 5.10 Å². The van der Waals surface area contributed by atoms with E-state index in [1.807, 2.05) is 29.2 Å². The van der Waals surface area contributed by atoms with Crippen molar-refractivity contribution in [2.75, 3.05) is 31.1 Å². The topological polar surface area (TPSA) is 78.0 Å². The van der Waals surface area contributed by atoms with Crippen LogP contribution in [0.15, 0.2) is 48.8 Å². The second kappa shape index (κ2) is 8.88. The molecule has 0 bridgehead atoms. The Morgan fingerprint density at radius 2 is 1.84 bits per heavy atom. The lowest BCUT2D eigenvalue weighted by Crippen LogP contribution is -2.39. The number of hydrogen-bond acceptors (Lipinski definition) is 5. The van der Waals surface area contributed by atoms with Crippen LogP contribution in [0.3, 0.4) is 0 Å². The van der Waals surface area contributed by atoms with E-state index < -0.39 is 0 Å². The van der Waals surface area contributed by atoms with Crippen LogP contribution in [0.1, 0.15) is 54.2 Å². The van der Waals surface area contributed by atoms with Crippen LogP contribution in [0.2, 0.25) is 0 Å². The molecule has 1 amide bonds. The molecule has 160 valence electrons. The fourth-order valence-corrected chi connectivity index (χ4v) is 4.62. The van der Waals surface area contributed by atoms with Crippen LogP contribution < -0.4 is 4.90 Å². The fraction of sp³-hybridized carbons (Fsp3) is 0.417. The van der Waals surface area contributed by atoms with Crippen molar-refractivity contribution in [1.82, 2.24) is 25.1 Å². The Hall–Kier alpha value is -3.22. The highest BCUT2D eigenvalue weighted by Gasteiger charge is 2.28. The molecule has 1 aromatic carbocycles. The molecule has 7 nitrogen and oxygen atoms in total. The van der Waals surface area contributed by atoms with Gasteiger partial charge in [0, 0.05) is 61.3 Å². The molecule has 31 heavy (non-hydrogen) atoms. The average molecular weight is 417 g/mol. The van der Waals surface area contributed by atoms with Crippen LogP contribution in [-0.4, -0.2) is 57.2 Å². The standard InChI is InChI=1S/C24H28N6O/c31-24(18-8-10-21(11-9-18)29-13-2-1-3-14-29)30-15-5-7-20(17-30)23-26-22(27-28-23)19-6-4-12-25-16-19/h4,6,8-12,16,20H,1-3,5,7,13-15,17H2,(H,26,27,28)/t20-/m0/s1. The summed E-state index contributed by atoms with van der Waals surface area (Å²) in [5.41, 5.74) is 2.87. The van der Waals surface area contributed by atoms with Gasteiger partial charge in [0.2, 0.25) is 0 Å². The number of likely N-dealkylation sites (tertiary alicyclic amines) is 1. The van der Waals surface area contributed by atoms with E-state index in [1.165, 1.54) is 24.9 Å². The largest absolute Gasteiger partial charge is 0.372 e. The molecule has 7 heteroatoms. The van der Waals surface area contributed by atoms with Gasteiger partial charge in [0.25, 0.3) is 5.91 Å². The van der Waals surface area contributed by atoms with Crippen molar-refractivity contribution >= 4 is 11.6 Å².